The van der Waals surface area contributed by atoms with Crippen molar-refractivity contribution < 1.29 is 22.9 Å². The average molecular weight is 427 g/mol. The van der Waals surface area contributed by atoms with Gasteiger partial charge >= 0.3 is 5.97 Å². The zero-order valence-electron chi connectivity index (χ0n) is 15.1. The highest BCUT2D eigenvalue weighted by atomic mass is 35.5. The highest BCUT2D eigenvalue weighted by Gasteiger charge is 2.26. The molecule has 0 radical (unpaired) electrons. The van der Waals surface area contributed by atoms with E-state index in [9.17, 15) is 23.3 Å². The normalized spacial score (nSPS) is 11.4. The van der Waals surface area contributed by atoms with Gasteiger partial charge in [-0.25, -0.2) is 8.42 Å². The minimum Gasteiger partial charge on any atom is -0.466 e. The third-order valence-electron chi connectivity index (χ3n) is 3.86. The number of nitro groups is 1. The fraction of sp³-hybridized carbons (Fsp3) is 0.278. The van der Waals surface area contributed by atoms with Crippen LogP contribution in [0.25, 0.3) is 0 Å². The molecule has 0 aromatic heterocycles. The fourth-order valence-electron chi connectivity index (χ4n) is 2.44. The molecule has 0 unspecified atom stereocenters. The number of halogens is 1. The third-order valence-corrected chi connectivity index (χ3v) is 6.09. The van der Waals surface area contributed by atoms with Crippen LogP contribution in [-0.4, -0.2) is 36.8 Å². The monoisotopic (exact) mass is 426 g/mol. The van der Waals surface area contributed by atoms with E-state index < -0.39 is 20.9 Å². The van der Waals surface area contributed by atoms with Crippen LogP contribution in [0.15, 0.2) is 53.4 Å². The Labute approximate surface area is 167 Å². The first-order valence-corrected chi connectivity index (χ1v) is 10.2. The van der Waals surface area contributed by atoms with Crippen LogP contribution in [0.5, 0.6) is 0 Å². The largest absolute Gasteiger partial charge is 0.466 e. The first-order valence-electron chi connectivity index (χ1n) is 8.39. The lowest BCUT2D eigenvalue weighted by atomic mass is 10.2. The van der Waals surface area contributed by atoms with E-state index in [-0.39, 0.29) is 36.7 Å². The SMILES string of the molecule is CCOC(=O)CCN(Cc1ccccc1Cl)S(=O)(=O)c1ccc([N+](=O)[O-])cc1. The molecule has 8 nitrogen and oxygen atoms in total. The van der Waals surface area contributed by atoms with Gasteiger partial charge in [-0.3, -0.25) is 14.9 Å². The van der Waals surface area contributed by atoms with E-state index in [4.69, 9.17) is 16.3 Å². The molecule has 0 heterocycles. The minimum absolute atomic E-state index is 0.0571. The predicted octanol–water partition coefficient (Wildman–Crippen LogP) is 3.39. The van der Waals surface area contributed by atoms with Gasteiger partial charge in [-0.1, -0.05) is 29.8 Å². The molecule has 0 saturated carbocycles. The smallest absolute Gasteiger partial charge is 0.307 e. The first kappa shape index (κ1) is 21.8. The summed E-state index contributed by atoms with van der Waals surface area (Å²) in [5.41, 5.74) is 0.349. The van der Waals surface area contributed by atoms with Crippen LogP contribution in [0.3, 0.4) is 0 Å². The van der Waals surface area contributed by atoms with Crippen molar-refractivity contribution in [1.29, 1.82) is 0 Å². The molecule has 0 saturated heterocycles. The number of sulfonamides is 1. The summed E-state index contributed by atoms with van der Waals surface area (Å²) < 4.78 is 32.1. The van der Waals surface area contributed by atoms with Gasteiger partial charge in [-0.15, -0.1) is 0 Å². The van der Waals surface area contributed by atoms with Gasteiger partial charge in [0.25, 0.3) is 5.69 Å². The summed E-state index contributed by atoms with van der Waals surface area (Å²) >= 11 is 6.14. The summed E-state index contributed by atoms with van der Waals surface area (Å²) in [5, 5.41) is 11.2. The Morgan fingerprint density at radius 1 is 1.18 bits per heavy atom. The number of esters is 1. The van der Waals surface area contributed by atoms with Gasteiger partial charge in [-0.2, -0.15) is 4.31 Å². The van der Waals surface area contributed by atoms with Crippen LogP contribution in [0.1, 0.15) is 18.9 Å². The second-order valence-corrected chi connectivity index (χ2v) is 8.08. The zero-order chi connectivity index (χ0) is 20.7. The van der Waals surface area contributed by atoms with Crippen molar-refractivity contribution in [2.75, 3.05) is 13.2 Å². The molecule has 10 heteroatoms. The maximum atomic E-state index is 13.1. The molecule has 0 fully saturated rings. The summed E-state index contributed by atoms with van der Waals surface area (Å²) in [6.45, 7) is 1.67. The van der Waals surface area contributed by atoms with Gasteiger partial charge in [-0.05, 0) is 30.7 Å². The number of hydrogen-bond acceptors (Lipinski definition) is 6. The Morgan fingerprint density at radius 2 is 1.82 bits per heavy atom. The van der Waals surface area contributed by atoms with Gasteiger partial charge in [0, 0.05) is 30.2 Å². The lowest BCUT2D eigenvalue weighted by Gasteiger charge is -2.22. The number of carbonyl (C=O) groups excluding carboxylic acids is 1. The third kappa shape index (κ3) is 5.51. The van der Waals surface area contributed by atoms with Crippen LogP contribution in [0.4, 0.5) is 5.69 Å². The molecular weight excluding hydrogens is 408 g/mol. The van der Waals surface area contributed by atoms with Crippen LogP contribution in [0.2, 0.25) is 5.02 Å². The molecule has 0 N–H and O–H groups in total. The number of hydrogen-bond donors (Lipinski definition) is 0. The number of carbonyl (C=O) groups is 1. The van der Waals surface area contributed by atoms with Gasteiger partial charge in [0.05, 0.1) is 22.8 Å². The molecule has 0 aliphatic rings. The quantitative estimate of drug-likeness (QED) is 0.345. The number of non-ortho nitro benzene ring substituents is 1. The number of benzene rings is 2. The first-order chi connectivity index (χ1) is 13.3. The van der Waals surface area contributed by atoms with Gasteiger partial charge in [0.15, 0.2) is 0 Å². The molecule has 0 spiro atoms. The van der Waals surface area contributed by atoms with Crippen LogP contribution in [0, 0.1) is 10.1 Å². The van der Waals surface area contributed by atoms with E-state index in [0.717, 1.165) is 28.6 Å². The lowest BCUT2D eigenvalue weighted by Crippen LogP contribution is -2.33. The van der Waals surface area contributed by atoms with E-state index in [1.165, 1.54) is 0 Å². The van der Waals surface area contributed by atoms with Crippen LogP contribution >= 0.6 is 11.6 Å². The summed E-state index contributed by atoms with van der Waals surface area (Å²) in [6, 6.07) is 11.3. The standard InChI is InChI=1S/C18H19ClN2O6S/c1-2-27-18(22)11-12-20(13-14-5-3-4-6-17(14)19)28(25,26)16-9-7-15(8-10-16)21(23)24/h3-10H,2,11-13H2,1H3. The van der Waals surface area contributed by atoms with E-state index in [0.29, 0.717) is 10.6 Å². The van der Waals surface area contributed by atoms with Crippen molar-refractivity contribution in [3.05, 3.63) is 69.2 Å². The molecule has 0 amide bonds. The van der Waals surface area contributed by atoms with Crippen LogP contribution in [-0.2, 0) is 26.1 Å². The van der Waals surface area contributed by atoms with E-state index in [1.807, 2.05) is 0 Å². The highest BCUT2D eigenvalue weighted by Crippen LogP contribution is 2.24. The van der Waals surface area contributed by atoms with Gasteiger partial charge < -0.3 is 4.74 Å². The number of nitro benzene ring substituents is 1. The average Bonchev–Trinajstić information content (AvgIpc) is 2.66. The van der Waals surface area contributed by atoms with Gasteiger partial charge in [0.2, 0.25) is 10.0 Å². The van der Waals surface area contributed by atoms with Crippen molar-refractivity contribution in [2.45, 2.75) is 24.8 Å². The molecule has 0 bridgehead atoms. The minimum atomic E-state index is -4.02. The number of ether oxygens (including phenoxy) is 1. The van der Waals surface area contributed by atoms with Crippen molar-refractivity contribution in [1.82, 2.24) is 4.31 Å². The summed E-state index contributed by atoms with van der Waals surface area (Å²) in [6.07, 6.45) is -0.134. The molecule has 28 heavy (non-hydrogen) atoms. The molecule has 2 aromatic carbocycles. The Kier molecular flexibility index (Phi) is 7.50. The Morgan fingerprint density at radius 3 is 2.39 bits per heavy atom. The zero-order valence-corrected chi connectivity index (χ0v) is 16.6. The Balaban J connectivity index is 2.33. The number of rotatable bonds is 9. The molecule has 0 atom stereocenters. The molecule has 0 aliphatic carbocycles. The summed E-state index contributed by atoms with van der Waals surface area (Å²) in [5.74, 6) is -0.523. The van der Waals surface area contributed by atoms with Crippen molar-refractivity contribution in [3.8, 4) is 0 Å². The topological polar surface area (TPSA) is 107 Å². The second-order valence-electron chi connectivity index (χ2n) is 5.74. The Hall–Kier alpha value is -2.49. The van der Waals surface area contributed by atoms with Crippen LogP contribution < -0.4 is 0 Å². The fourth-order valence-corrected chi connectivity index (χ4v) is 4.05. The summed E-state index contributed by atoms with van der Waals surface area (Å²) in [4.78, 5) is 21.8. The van der Waals surface area contributed by atoms with E-state index >= 15 is 0 Å². The van der Waals surface area contributed by atoms with Crippen molar-refractivity contribution in [3.63, 3.8) is 0 Å². The van der Waals surface area contributed by atoms with Gasteiger partial charge in [0.1, 0.15) is 0 Å². The highest BCUT2D eigenvalue weighted by molar-refractivity contribution is 7.89. The predicted molar refractivity (Wildman–Crippen MR) is 103 cm³/mol. The molecule has 150 valence electrons. The lowest BCUT2D eigenvalue weighted by molar-refractivity contribution is -0.384. The Bertz CT molecular complexity index is 947. The van der Waals surface area contributed by atoms with E-state index in [1.54, 1.807) is 31.2 Å². The molecular formula is C18H19ClN2O6S. The molecule has 2 rings (SSSR count). The second kappa shape index (κ2) is 9.63. The summed E-state index contributed by atoms with van der Waals surface area (Å²) in [7, 11) is -4.02. The maximum Gasteiger partial charge on any atom is 0.307 e. The van der Waals surface area contributed by atoms with Crippen molar-refractivity contribution >= 4 is 33.3 Å². The molecule has 2 aromatic rings. The van der Waals surface area contributed by atoms with E-state index in [2.05, 4.69) is 0 Å². The number of nitrogens with zero attached hydrogens (tertiary/aromatic N) is 2. The molecule has 0 aliphatic heterocycles. The maximum absolute atomic E-state index is 13.1. The van der Waals surface area contributed by atoms with Crippen molar-refractivity contribution in [2.24, 2.45) is 0 Å².